The highest BCUT2D eigenvalue weighted by Crippen LogP contribution is 2.24. The normalized spacial score (nSPS) is 16.8. The van der Waals surface area contributed by atoms with Gasteiger partial charge in [0, 0.05) is 19.2 Å². The number of likely N-dealkylation sites (N-methyl/N-ethyl adjacent to an activating group) is 1. The first-order valence-electron chi connectivity index (χ1n) is 5.27. The van der Waals surface area contributed by atoms with Crippen molar-refractivity contribution < 1.29 is 4.74 Å². The fourth-order valence-electron chi connectivity index (χ4n) is 1.36. The monoisotopic (exact) mass is 186 g/mol. The molecule has 78 valence electrons. The van der Waals surface area contributed by atoms with E-state index in [-0.39, 0.29) is 0 Å². The molecule has 1 fully saturated rings. The van der Waals surface area contributed by atoms with Gasteiger partial charge in [0.2, 0.25) is 0 Å². The van der Waals surface area contributed by atoms with E-state index < -0.39 is 0 Å². The minimum absolute atomic E-state index is 0.862. The SMILES string of the molecule is CNCCCOCCN(C)C1CC1. The topological polar surface area (TPSA) is 24.5 Å². The molecule has 0 aromatic heterocycles. The molecule has 3 heteroatoms. The van der Waals surface area contributed by atoms with E-state index in [1.165, 1.54) is 12.8 Å². The van der Waals surface area contributed by atoms with E-state index in [0.717, 1.165) is 38.8 Å². The van der Waals surface area contributed by atoms with Crippen molar-refractivity contribution in [1.29, 1.82) is 0 Å². The first kappa shape index (κ1) is 11.0. The lowest BCUT2D eigenvalue weighted by Crippen LogP contribution is -2.25. The van der Waals surface area contributed by atoms with Crippen molar-refractivity contribution in [1.82, 2.24) is 10.2 Å². The third kappa shape index (κ3) is 5.24. The molecule has 0 aromatic carbocycles. The summed E-state index contributed by atoms with van der Waals surface area (Å²) in [7, 11) is 4.16. The van der Waals surface area contributed by atoms with Gasteiger partial charge < -0.3 is 15.0 Å². The second kappa shape index (κ2) is 6.35. The van der Waals surface area contributed by atoms with Crippen LogP contribution in [0.2, 0.25) is 0 Å². The molecule has 1 N–H and O–H groups in total. The molecule has 1 rings (SSSR count). The number of nitrogens with one attached hydrogen (secondary N) is 1. The molecule has 0 amide bonds. The minimum atomic E-state index is 0.862. The summed E-state index contributed by atoms with van der Waals surface area (Å²) < 4.78 is 5.50. The molecule has 0 radical (unpaired) electrons. The molecule has 0 aromatic rings. The molecule has 0 spiro atoms. The zero-order valence-corrected chi connectivity index (χ0v) is 8.88. The Bertz CT molecular complexity index is 126. The maximum atomic E-state index is 5.50. The average molecular weight is 186 g/mol. The summed E-state index contributed by atoms with van der Waals surface area (Å²) >= 11 is 0. The summed E-state index contributed by atoms with van der Waals surface area (Å²) in [5, 5.41) is 3.11. The van der Waals surface area contributed by atoms with E-state index >= 15 is 0 Å². The molecular weight excluding hydrogens is 164 g/mol. The van der Waals surface area contributed by atoms with Gasteiger partial charge in [-0.25, -0.2) is 0 Å². The summed E-state index contributed by atoms with van der Waals surface area (Å²) in [6, 6.07) is 0.862. The highest BCUT2D eigenvalue weighted by molar-refractivity contribution is 4.81. The van der Waals surface area contributed by atoms with Gasteiger partial charge in [0.05, 0.1) is 6.61 Å². The van der Waals surface area contributed by atoms with Crippen molar-refractivity contribution >= 4 is 0 Å². The zero-order chi connectivity index (χ0) is 9.52. The maximum absolute atomic E-state index is 5.50. The fourth-order valence-corrected chi connectivity index (χ4v) is 1.36. The van der Waals surface area contributed by atoms with E-state index in [9.17, 15) is 0 Å². The molecule has 0 heterocycles. The molecule has 13 heavy (non-hydrogen) atoms. The van der Waals surface area contributed by atoms with Gasteiger partial charge in [-0.15, -0.1) is 0 Å². The van der Waals surface area contributed by atoms with E-state index in [1.54, 1.807) is 0 Å². The quantitative estimate of drug-likeness (QED) is 0.565. The largest absolute Gasteiger partial charge is 0.380 e. The summed E-state index contributed by atoms with van der Waals surface area (Å²) in [6.45, 7) is 3.92. The Morgan fingerprint density at radius 1 is 1.38 bits per heavy atom. The van der Waals surface area contributed by atoms with Crippen LogP contribution in [0.15, 0.2) is 0 Å². The molecule has 0 unspecified atom stereocenters. The summed E-state index contributed by atoms with van der Waals surface area (Å²) in [5.41, 5.74) is 0. The summed E-state index contributed by atoms with van der Waals surface area (Å²) in [4.78, 5) is 2.40. The molecule has 1 aliphatic rings. The van der Waals surface area contributed by atoms with Gasteiger partial charge in [-0.2, -0.15) is 0 Å². The maximum Gasteiger partial charge on any atom is 0.0593 e. The third-order valence-corrected chi connectivity index (χ3v) is 2.47. The number of hydrogen-bond acceptors (Lipinski definition) is 3. The van der Waals surface area contributed by atoms with E-state index in [1.807, 2.05) is 7.05 Å². The zero-order valence-electron chi connectivity index (χ0n) is 8.88. The predicted octanol–water partition coefficient (Wildman–Crippen LogP) is 0.707. The van der Waals surface area contributed by atoms with Gasteiger partial charge in [-0.3, -0.25) is 0 Å². The Kier molecular flexibility index (Phi) is 5.35. The van der Waals surface area contributed by atoms with Crippen molar-refractivity contribution in [2.45, 2.75) is 25.3 Å². The Labute approximate surface area is 81.4 Å². The number of hydrogen-bond donors (Lipinski definition) is 1. The van der Waals surface area contributed by atoms with Gasteiger partial charge >= 0.3 is 0 Å². The molecular formula is C10H22N2O. The van der Waals surface area contributed by atoms with Crippen LogP contribution >= 0.6 is 0 Å². The second-order valence-corrected chi connectivity index (χ2v) is 3.78. The molecule has 0 saturated heterocycles. The fraction of sp³-hybridized carbons (Fsp3) is 1.00. The van der Waals surface area contributed by atoms with E-state index in [0.29, 0.717) is 0 Å². The highest BCUT2D eigenvalue weighted by Gasteiger charge is 2.25. The van der Waals surface area contributed by atoms with Gasteiger partial charge in [0.15, 0.2) is 0 Å². The van der Waals surface area contributed by atoms with Gasteiger partial charge in [0.25, 0.3) is 0 Å². The van der Waals surface area contributed by atoms with Crippen LogP contribution < -0.4 is 5.32 Å². The van der Waals surface area contributed by atoms with E-state index in [4.69, 9.17) is 4.74 Å². The average Bonchev–Trinajstić information content (AvgIpc) is 2.93. The molecule has 1 saturated carbocycles. The first-order valence-corrected chi connectivity index (χ1v) is 5.27. The third-order valence-electron chi connectivity index (χ3n) is 2.47. The van der Waals surface area contributed by atoms with Crippen LogP contribution in [0.25, 0.3) is 0 Å². The highest BCUT2D eigenvalue weighted by atomic mass is 16.5. The second-order valence-electron chi connectivity index (χ2n) is 3.78. The van der Waals surface area contributed by atoms with Gasteiger partial charge in [-0.05, 0) is 39.9 Å². The van der Waals surface area contributed by atoms with Gasteiger partial charge in [-0.1, -0.05) is 0 Å². The van der Waals surface area contributed by atoms with E-state index in [2.05, 4.69) is 17.3 Å². The van der Waals surface area contributed by atoms with Crippen LogP contribution in [0.5, 0.6) is 0 Å². The first-order chi connectivity index (χ1) is 6.34. The van der Waals surface area contributed by atoms with Gasteiger partial charge in [0.1, 0.15) is 0 Å². The van der Waals surface area contributed by atoms with Crippen LogP contribution in [0.4, 0.5) is 0 Å². The lowest BCUT2D eigenvalue weighted by molar-refractivity contribution is 0.108. The summed E-state index contributed by atoms with van der Waals surface area (Å²) in [6.07, 6.45) is 3.89. The Morgan fingerprint density at radius 3 is 2.77 bits per heavy atom. The minimum Gasteiger partial charge on any atom is -0.380 e. The molecule has 1 aliphatic carbocycles. The Morgan fingerprint density at radius 2 is 2.15 bits per heavy atom. The van der Waals surface area contributed by atoms with Crippen molar-refractivity contribution in [3.63, 3.8) is 0 Å². The Hall–Kier alpha value is -0.120. The number of nitrogens with zero attached hydrogens (tertiary/aromatic N) is 1. The number of ether oxygens (including phenoxy) is 1. The lowest BCUT2D eigenvalue weighted by Gasteiger charge is -2.15. The van der Waals surface area contributed by atoms with Crippen molar-refractivity contribution in [2.24, 2.45) is 0 Å². The lowest BCUT2D eigenvalue weighted by atomic mass is 10.4. The number of rotatable bonds is 8. The summed E-state index contributed by atoms with van der Waals surface area (Å²) in [5.74, 6) is 0. The molecule has 0 aliphatic heterocycles. The van der Waals surface area contributed by atoms with Crippen molar-refractivity contribution in [3.8, 4) is 0 Å². The van der Waals surface area contributed by atoms with Crippen LogP contribution in [0.1, 0.15) is 19.3 Å². The standard InChI is InChI=1S/C10H22N2O/c1-11-6-3-8-13-9-7-12(2)10-4-5-10/h10-11H,3-9H2,1-2H3. The smallest absolute Gasteiger partial charge is 0.0593 e. The predicted molar refractivity (Wildman–Crippen MR) is 55.0 cm³/mol. The van der Waals surface area contributed by atoms with Crippen molar-refractivity contribution in [3.05, 3.63) is 0 Å². The van der Waals surface area contributed by atoms with Crippen molar-refractivity contribution in [2.75, 3.05) is 40.4 Å². The Balaban J connectivity index is 1.77. The van der Waals surface area contributed by atoms with Crippen LogP contribution in [-0.2, 0) is 4.74 Å². The van der Waals surface area contributed by atoms with Crippen LogP contribution in [-0.4, -0.2) is 51.3 Å². The van der Waals surface area contributed by atoms with Crippen LogP contribution in [0.3, 0.4) is 0 Å². The molecule has 0 atom stereocenters. The molecule has 3 nitrogen and oxygen atoms in total. The molecule has 0 bridgehead atoms. The van der Waals surface area contributed by atoms with Crippen LogP contribution in [0, 0.1) is 0 Å².